The molecule has 0 aliphatic heterocycles. The van der Waals surface area contributed by atoms with Crippen LogP contribution in [0.15, 0.2) is 0 Å². The van der Waals surface area contributed by atoms with Crippen LogP contribution >= 0.6 is 0 Å². The van der Waals surface area contributed by atoms with Gasteiger partial charge in [0.15, 0.2) is 0 Å². The van der Waals surface area contributed by atoms with Crippen molar-refractivity contribution in [3.05, 3.63) is 0 Å². The van der Waals surface area contributed by atoms with E-state index in [2.05, 4.69) is 0 Å². The Kier molecular flexibility index (Phi) is 1.63. The van der Waals surface area contributed by atoms with Crippen molar-refractivity contribution in [3.63, 3.8) is 0 Å². The van der Waals surface area contributed by atoms with E-state index in [1.807, 2.05) is 0 Å². The first kappa shape index (κ1) is 7.14. The maximum Gasteiger partial charge on any atom is 0.306 e. The van der Waals surface area contributed by atoms with Crippen LogP contribution in [0.1, 0.15) is 32.1 Å². The molecule has 0 radical (unpaired) electrons. The highest BCUT2D eigenvalue weighted by Crippen LogP contribution is 2.46. The van der Waals surface area contributed by atoms with E-state index < -0.39 is 5.97 Å². The van der Waals surface area contributed by atoms with Gasteiger partial charge in [-0.15, -0.1) is 0 Å². The van der Waals surface area contributed by atoms with Crippen molar-refractivity contribution in [2.75, 3.05) is 0 Å². The molecule has 0 bridgehead atoms. The van der Waals surface area contributed by atoms with Gasteiger partial charge in [-0.2, -0.15) is 0 Å². The average molecular weight is 154 g/mol. The highest BCUT2D eigenvalue weighted by molar-refractivity contribution is 5.70. The molecule has 0 amide bonds. The first-order valence-electron chi connectivity index (χ1n) is 4.50. The van der Waals surface area contributed by atoms with Gasteiger partial charge < -0.3 is 5.11 Å². The van der Waals surface area contributed by atoms with Crippen molar-refractivity contribution in [1.29, 1.82) is 0 Å². The van der Waals surface area contributed by atoms with E-state index in [-0.39, 0.29) is 5.92 Å². The lowest BCUT2D eigenvalue weighted by molar-refractivity contribution is -0.141. The summed E-state index contributed by atoms with van der Waals surface area (Å²) in [6.07, 6.45) is 5.82. The lowest BCUT2D eigenvalue weighted by atomic mass is 10.0. The minimum absolute atomic E-state index is 0.00898. The van der Waals surface area contributed by atoms with Crippen LogP contribution in [-0.4, -0.2) is 11.1 Å². The zero-order valence-electron chi connectivity index (χ0n) is 6.62. The zero-order valence-corrected chi connectivity index (χ0v) is 6.62. The van der Waals surface area contributed by atoms with Crippen molar-refractivity contribution in [1.82, 2.24) is 0 Å². The van der Waals surface area contributed by atoms with E-state index >= 15 is 0 Å². The van der Waals surface area contributed by atoms with Gasteiger partial charge in [0.25, 0.3) is 0 Å². The first-order valence-corrected chi connectivity index (χ1v) is 4.50. The second-order valence-electron chi connectivity index (χ2n) is 3.96. The minimum Gasteiger partial charge on any atom is -0.481 e. The number of hydrogen-bond donors (Lipinski definition) is 1. The van der Waals surface area contributed by atoms with Crippen molar-refractivity contribution in [3.8, 4) is 0 Å². The fourth-order valence-corrected chi connectivity index (χ4v) is 2.76. The Bertz CT molecular complexity index is 164. The molecule has 62 valence electrons. The summed E-state index contributed by atoms with van der Waals surface area (Å²) in [6.45, 7) is 0. The molecule has 2 atom stereocenters. The molecule has 2 nitrogen and oxygen atoms in total. The third-order valence-electron chi connectivity index (χ3n) is 3.34. The molecule has 0 heterocycles. The smallest absolute Gasteiger partial charge is 0.306 e. The number of hydrogen-bond acceptors (Lipinski definition) is 1. The molecule has 2 aliphatic rings. The maximum absolute atomic E-state index is 10.6. The molecular weight excluding hydrogens is 140 g/mol. The Morgan fingerprint density at radius 1 is 1.18 bits per heavy atom. The third-order valence-corrected chi connectivity index (χ3v) is 3.34. The lowest BCUT2D eigenvalue weighted by Gasteiger charge is -2.04. The summed E-state index contributed by atoms with van der Waals surface area (Å²) in [7, 11) is 0. The second-order valence-corrected chi connectivity index (χ2v) is 3.96. The number of fused-ring (bicyclic) bond motifs is 1. The summed E-state index contributed by atoms with van der Waals surface area (Å²) >= 11 is 0. The van der Waals surface area contributed by atoms with E-state index in [0.717, 1.165) is 24.7 Å². The van der Waals surface area contributed by atoms with Gasteiger partial charge in [0.05, 0.1) is 5.92 Å². The van der Waals surface area contributed by atoms with Crippen LogP contribution in [0.3, 0.4) is 0 Å². The van der Waals surface area contributed by atoms with Gasteiger partial charge in [-0.1, -0.05) is 19.3 Å². The summed E-state index contributed by atoms with van der Waals surface area (Å²) in [5, 5.41) is 8.77. The normalized spacial score (nSPS) is 37.5. The number of carboxylic acid groups (broad SMARTS) is 1. The van der Waals surface area contributed by atoms with Crippen LogP contribution in [-0.2, 0) is 4.79 Å². The van der Waals surface area contributed by atoms with Crippen LogP contribution in [0.2, 0.25) is 0 Å². The molecule has 0 aromatic heterocycles. The molecule has 0 spiro atoms. The van der Waals surface area contributed by atoms with Crippen LogP contribution in [0.25, 0.3) is 0 Å². The first-order chi connectivity index (χ1) is 5.27. The monoisotopic (exact) mass is 154 g/mol. The second kappa shape index (κ2) is 2.50. The summed E-state index contributed by atoms with van der Waals surface area (Å²) < 4.78 is 0. The topological polar surface area (TPSA) is 37.3 Å². The number of rotatable bonds is 1. The Morgan fingerprint density at radius 2 is 1.73 bits per heavy atom. The molecule has 11 heavy (non-hydrogen) atoms. The highest BCUT2D eigenvalue weighted by Gasteiger charge is 2.39. The molecule has 0 aromatic rings. The Hall–Kier alpha value is -0.530. The molecule has 2 fully saturated rings. The largest absolute Gasteiger partial charge is 0.481 e. The van der Waals surface area contributed by atoms with Crippen molar-refractivity contribution in [2.45, 2.75) is 32.1 Å². The van der Waals surface area contributed by atoms with Gasteiger partial charge >= 0.3 is 5.97 Å². The van der Waals surface area contributed by atoms with Gasteiger partial charge in [0, 0.05) is 0 Å². The molecule has 2 rings (SSSR count). The third kappa shape index (κ3) is 1.15. The predicted molar refractivity (Wildman–Crippen MR) is 41.2 cm³/mol. The van der Waals surface area contributed by atoms with Gasteiger partial charge in [-0.3, -0.25) is 4.79 Å². The predicted octanol–water partition coefficient (Wildman–Crippen LogP) is 1.90. The quantitative estimate of drug-likeness (QED) is 0.626. The van der Waals surface area contributed by atoms with Crippen LogP contribution in [0.4, 0.5) is 0 Å². The zero-order chi connectivity index (χ0) is 7.84. The molecular formula is C9H14O2. The molecule has 2 heteroatoms. The molecule has 0 unspecified atom stereocenters. The van der Waals surface area contributed by atoms with Crippen LogP contribution < -0.4 is 0 Å². The Morgan fingerprint density at radius 3 is 2.18 bits per heavy atom. The number of carbonyl (C=O) groups is 1. The van der Waals surface area contributed by atoms with Crippen molar-refractivity contribution < 1.29 is 9.90 Å². The van der Waals surface area contributed by atoms with Crippen LogP contribution in [0, 0.1) is 17.8 Å². The molecule has 1 N–H and O–H groups in total. The van der Waals surface area contributed by atoms with Crippen LogP contribution in [0.5, 0.6) is 0 Å². The lowest BCUT2D eigenvalue weighted by Crippen LogP contribution is -2.09. The standard InChI is InChI=1S/C9H14O2/c10-9(11)8-4-6-2-1-3-7(6)5-8/h6-8H,1-5H2,(H,10,11)/t6-,7-/m0/s1. The van der Waals surface area contributed by atoms with E-state index in [4.69, 9.17) is 5.11 Å². The number of aliphatic carboxylic acids is 1. The van der Waals surface area contributed by atoms with E-state index in [1.54, 1.807) is 0 Å². The van der Waals surface area contributed by atoms with Crippen molar-refractivity contribution >= 4 is 5.97 Å². The molecule has 0 aromatic carbocycles. The molecule has 2 saturated carbocycles. The SMILES string of the molecule is O=C(O)C1C[C@@H]2CCC[C@H]2C1. The summed E-state index contributed by atoms with van der Waals surface area (Å²) in [6, 6.07) is 0. The van der Waals surface area contributed by atoms with Crippen molar-refractivity contribution in [2.24, 2.45) is 17.8 Å². The van der Waals surface area contributed by atoms with Gasteiger partial charge in [0.2, 0.25) is 0 Å². The number of carboxylic acids is 1. The molecule has 0 saturated heterocycles. The maximum atomic E-state index is 10.6. The summed E-state index contributed by atoms with van der Waals surface area (Å²) in [5.74, 6) is 0.942. The minimum atomic E-state index is -0.570. The van der Waals surface area contributed by atoms with E-state index in [0.29, 0.717) is 0 Å². The van der Waals surface area contributed by atoms with Gasteiger partial charge in [-0.05, 0) is 24.7 Å². The Labute approximate surface area is 66.6 Å². The average Bonchev–Trinajstić information content (AvgIpc) is 2.40. The highest BCUT2D eigenvalue weighted by atomic mass is 16.4. The van der Waals surface area contributed by atoms with E-state index in [9.17, 15) is 4.79 Å². The molecule has 2 aliphatic carbocycles. The van der Waals surface area contributed by atoms with E-state index in [1.165, 1.54) is 19.3 Å². The fourth-order valence-electron chi connectivity index (χ4n) is 2.76. The van der Waals surface area contributed by atoms with Gasteiger partial charge in [0.1, 0.15) is 0 Å². The summed E-state index contributed by atoms with van der Waals surface area (Å²) in [4.78, 5) is 10.6. The Balaban J connectivity index is 1.99. The van der Waals surface area contributed by atoms with Gasteiger partial charge in [-0.25, -0.2) is 0 Å². The fraction of sp³-hybridized carbons (Fsp3) is 0.889. The summed E-state index contributed by atoms with van der Waals surface area (Å²) in [5.41, 5.74) is 0.